The van der Waals surface area contributed by atoms with E-state index in [0.29, 0.717) is 36.7 Å². The lowest BCUT2D eigenvalue weighted by Gasteiger charge is -2.28. The van der Waals surface area contributed by atoms with Crippen LogP contribution in [0, 0.1) is 13.8 Å². The van der Waals surface area contributed by atoms with Gasteiger partial charge in [0, 0.05) is 17.9 Å². The molecule has 0 aliphatic carbocycles. The molecule has 0 saturated heterocycles. The van der Waals surface area contributed by atoms with Gasteiger partial charge in [0.25, 0.3) is 0 Å². The van der Waals surface area contributed by atoms with E-state index in [1.807, 2.05) is 0 Å². The third-order valence-electron chi connectivity index (χ3n) is 4.32. The third-order valence-corrected chi connectivity index (χ3v) is 4.32. The zero-order chi connectivity index (χ0) is 18.1. The first kappa shape index (κ1) is 17.3. The van der Waals surface area contributed by atoms with Crippen molar-refractivity contribution in [2.75, 3.05) is 13.2 Å². The number of aliphatic hydroxyl groups is 2. The molecule has 1 amide bonds. The number of fused-ring (bicyclic) bond motifs is 1. The monoisotopic (exact) mass is 347 g/mol. The molecule has 1 aliphatic heterocycles. The van der Waals surface area contributed by atoms with Crippen LogP contribution in [0.2, 0.25) is 0 Å². The van der Waals surface area contributed by atoms with Crippen LogP contribution in [0.25, 0.3) is 0 Å². The molecule has 0 spiro atoms. The summed E-state index contributed by atoms with van der Waals surface area (Å²) in [6.45, 7) is 4.37. The summed E-state index contributed by atoms with van der Waals surface area (Å²) in [7, 11) is 0. The molecule has 0 fully saturated rings. The second kappa shape index (κ2) is 6.77. The molecule has 1 aliphatic rings. The van der Waals surface area contributed by atoms with Crippen LogP contribution in [0.1, 0.15) is 28.9 Å². The highest BCUT2D eigenvalue weighted by atomic mass is 16.3. The Morgan fingerprint density at radius 1 is 1.32 bits per heavy atom. The minimum Gasteiger partial charge on any atom is -0.393 e. The number of aliphatic hydroxyl groups excluding tert-OH is 2. The van der Waals surface area contributed by atoms with Crippen LogP contribution in [0.3, 0.4) is 0 Å². The van der Waals surface area contributed by atoms with Crippen LogP contribution in [0.5, 0.6) is 0 Å². The van der Waals surface area contributed by atoms with Gasteiger partial charge in [0.05, 0.1) is 31.1 Å². The third kappa shape index (κ3) is 3.47. The topological polar surface area (TPSA) is 113 Å². The van der Waals surface area contributed by atoms with Crippen molar-refractivity contribution in [1.29, 1.82) is 0 Å². The number of hydrogen-bond acceptors (Lipinski definition) is 6. The first-order chi connectivity index (χ1) is 11.9. The molecule has 9 nitrogen and oxygen atoms in total. The van der Waals surface area contributed by atoms with Crippen molar-refractivity contribution in [2.45, 2.75) is 39.6 Å². The SMILES string of the molecule is Cc1cc(C)n(CC(=O)N2CCn3nc([C@H](O)CO)cc3C2)c(=O)n1. The molecule has 3 heterocycles. The van der Waals surface area contributed by atoms with Crippen molar-refractivity contribution in [3.63, 3.8) is 0 Å². The molecule has 2 N–H and O–H groups in total. The van der Waals surface area contributed by atoms with Crippen molar-refractivity contribution in [2.24, 2.45) is 0 Å². The zero-order valence-electron chi connectivity index (χ0n) is 14.2. The largest absolute Gasteiger partial charge is 0.393 e. The van der Waals surface area contributed by atoms with Crippen molar-refractivity contribution in [3.05, 3.63) is 45.4 Å². The van der Waals surface area contributed by atoms with Crippen LogP contribution in [0.15, 0.2) is 16.9 Å². The van der Waals surface area contributed by atoms with Gasteiger partial charge in [0.15, 0.2) is 0 Å². The lowest BCUT2D eigenvalue weighted by molar-refractivity contribution is -0.133. The number of hydrogen-bond donors (Lipinski definition) is 2. The zero-order valence-corrected chi connectivity index (χ0v) is 14.2. The molecule has 0 aromatic carbocycles. The molecule has 0 unspecified atom stereocenters. The first-order valence-electron chi connectivity index (χ1n) is 8.07. The molecule has 1 atom stereocenters. The molecule has 0 bridgehead atoms. The van der Waals surface area contributed by atoms with Gasteiger partial charge in [-0.1, -0.05) is 0 Å². The van der Waals surface area contributed by atoms with Crippen molar-refractivity contribution in [3.8, 4) is 0 Å². The van der Waals surface area contributed by atoms with Gasteiger partial charge in [-0.2, -0.15) is 10.1 Å². The summed E-state index contributed by atoms with van der Waals surface area (Å²) in [5, 5.41) is 22.9. The van der Waals surface area contributed by atoms with Gasteiger partial charge >= 0.3 is 5.69 Å². The fourth-order valence-electron chi connectivity index (χ4n) is 2.96. The van der Waals surface area contributed by atoms with E-state index in [2.05, 4.69) is 10.1 Å². The summed E-state index contributed by atoms with van der Waals surface area (Å²) in [5.74, 6) is -0.174. The summed E-state index contributed by atoms with van der Waals surface area (Å²) in [4.78, 5) is 30.1. The smallest absolute Gasteiger partial charge is 0.348 e. The van der Waals surface area contributed by atoms with E-state index in [1.54, 1.807) is 35.6 Å². The highest BCUT2D eigenvalue weighted by molar-refractivity contribution is 5.76. The maximum absolute atomic E-state index is 12.6. The van der Waals surface area contributed by atoms with Crippen LogP contribution >= 0.6 is 0 Å². The van der Waals surface area contributed by atoms with Crippen molar-refractivity contribution >= 4 is 5.91 Å². The van der Waals surface area contributed by atoms with Crippen molar-refractivity contribution < 1.29 is 15.0 Å². The summed E-state index contributed by atoms with van der Waals surface area (Å²) in [5.41, 5.74) is 2.07. The molecule has 134 valence electrons. The summed E-state index contributed by atoms with van der Waals surface area (Å²) >= 11 is 0. The highest BCUT2D eigenvalue weighted by Crippen LogP contribution is 2.18. The lowest BCUT2D eigenvalue weighted by atomic mass is 10.2. The molecule has 0 saturated carbocycles. The van der Waals surface area contributed by atoms with Gasteiger partial charge < -0.3 is 15.1 Å². The minimum absolute atomic E-state index is 0.0573. The van der Waals surface area contributed by atoms with Crippen molar-refractivity contribution in [1.82, 2.24) is 24.2 Å². The standard InChI is InChI=1S/C16H21N5O4/c1-10-5-11(2)20(16(25)17-10)8-15(24)19-3-4-21-12(7-19)6-13(18-21)14(23)9-22/h5-6,14,22-23H,3-4,7-9H2,1-2H3/t14-/m1/s1. The summed E-state index contributed by atoms with van der Waals surface area (Å²) < 4.78 is 3.09. The molecule has 2 aromatic rings. The Kier molecular flexibility index (Phi) is 4.69. The Morgan fingerprint density at radius 3 is 2.76 bits per heavy atom. The molecular formula is C16H21N5O4. The van der Waals surface area contributed by atoms with E-state index in [9.17, 15) is 14.7 Å². The van der Waals surface area contributed by atoms with Gasteiger partial charge in [0.1, 0.15) is 12.6 Å². The lowest BCUT2D eigenvalue weighted by Crippen LogP contribution is -2.42. The maximum Gasteiger partial charge on any atom is 0.348 e. The minimum atomic E-state index is -1.03. The number of amides is 1. The van der Waals surface area contributed by atoms with Gasteiger partial charge in [-0.15, -0.1) is 0 Å². The van der Waals surface area contributed by atoms with E-state index in [1.165, 1.54) is 4.57 Å². The van der Waals surface area contributed by atoms with E-state index in [4.69, 9.17) is 5.11 Å². The number of rotatable bonds is 4. The molecule has 9 heteroatoms. The quantitative estimate of drug-likeness (QED) is 0.743. The van der Waals surface area contributed by atoms with Gasteiger partial charge in [0.2, 0.25) is 5.91 Å². The summed E-state index contributed by atoms with van der Waals surface area (Å²) in [6, 6.07) is 3.45. The number of carbonyl (C=O) groups excluding carboxylic acids is 1. The Balaban J connectivity index is 1.75. The number of nitrogens with zero attached hydrogens (tertiary/aromatic N) is 5. The maximum atomic E-state index is 12.6. The van der Waals surface area contributed by atoms with Gasteiger partial charge in [-0.3, -0.25) is 14.0 Å². The fourth-order valence-corrected chi connectivity index (χ4v) is 2.96. The van der Waals surface area contributed by atoms with Gasteiger partial charge in [-0.25, -0.2) is 4.79 Å². The Bertz CT molecular complexity index is 857. The fraction of sp³-hybridized carbons (Fsp3) is 0.500. The second-order valence-corrected chi connectivity index (χ2v) is 6.20. The highest BCUT2D eigenvalue weighted by Gasteiger charge is 2.24. The van der Waals surface area contributed by atoms with Gasteiger partial charge in [-0.05, 0) is 26.0 Å². The molecule has 3 rings (SSSR count). The molecule has 0 radical (unpaired) electrons. The number of aromatic nitrogens is 4. The van der Waals surface area contributed by atoms with E-state index in [0.717, 1.165) is 5.69 Å². The van der Waals surface area contributed by atoms with E-state index in [-0.39, 0.29) is 12.5 Å². The van der Waals surface area contributed by atoms with E-state index < -0.39 is 18.4 Å². The number of carbonyl (C=O) groups is 1. The number of aryl methyl sites for hydroxylation is 2. The Morgan fingerprint density at radius 2 is 2.08 bits per heavy atom. The predicted molar refractivity (Wildman–Crippen MR) is 87.7 cm³/mol. The van der Waals surface area contributed by atoms with E-state index >= 15 is 0 Å². The Hall–Kier alpha value is -2.52. The Labute approximate surface area is 144 Å². The average molecular weight is 347 g/mol. The molecular weight excluding hydrogens is 326 g/mol. The second-order valence-electron chi connectivity index (χ2n) is 6.20. The normalized spacial score (nSPS) is 15.1. The van der Waals surface area contributed by atoms with Crippen LogP contribution in [0.4, 0.5) is 0 Å². The molecule has 25 heavy (non-hydrogen) atoms. The summed E-state index contributed by atoms with van der Waals surface area (Å²) in [6.07, 6.45) is -1.03. The van der Waals surface area contributed by atoms with Crippen LogP contribution in [-0.2, 0) is 24.4 Å². The van der Waals surface area contributed by atoms with Crippen LogP contribution in [-0.4, -0.2) is 53.5 Å². The average Bonchev–Trinajstić information content (AvgIpc) is 3.00. The molecule has 2 aromatic heterocycles. The first-order valence-corrected chi connectivity index (χ1v) is 8.07. The predicted octanol–water partition coefficient (Wildman–Crippen LogP) is -0.875. The van der Waals surface area contributed by atoms with Crippen LogP contribution < -0.4 is 5.69 Å².